The zero-order chi connectivity index (χ0) is 34.2. The van der Waals surface area contributed by atoms with Gasteiger partial charge in [0.25, 0.3) is 0 Å². The topological polar surface area (TPSA) is 126 Å². The molecule has 0 bridgehead atoms. The number of carbonyl (C=O) groups excluding carboxylic acids is 1. The maximum Gasteiger partial charge on any atom is 0.345 e. The molecule has 0 saturated heterocycles. The lowest BCUT2D eigenvalue weighted by Gasteiger charge is -2.27. The largest absolute Gasteiger partial charge is 0.488 e. The fourth-order valence-electron chi connectivity index (χ4n) is 5.13. The number of fused-ring (bicyclic) bond motifs is 1. The van der Waals surface area contributed by atoms with Crippen LogP contribution in [0.25, 0.3) is 11.3 Å². The van der Waals surface area contributed by atoms with E-state index in [1.807, 2.05) is 37.3 Å². The van der Waals surface area contributed by atoms with Crippen molar-refractivity contribution >= 4 is 29.6 Å². The van der Waals surface area contributed by atoms with E-state index in [-0.39, 0.29) is 24.7 Å². The normalized spacial score (nSPS) is 13.0. The van der Waals surface area contributed by atoms with Crippen LogP contribution >= 0.6 is 11.6 Å². The molecule has 1 aromatic heterocycles. The number of alkyl halides is 1. The Morgan fingerprint density at radius 2 is 1.85 bits per heavy atom. The third-order valence-electron chi connectivity index (χ3n) is 7.47. The van der Waals surface area contributed by atoms with Crippen LogP contribution in [0.2, 0.25) is 0 Å². The van der Waals surface area contributed by atoms with Crippen molar-refractivity contribution in [2.75, 3.05) is 57.8 Å². The van der Waals surface area contributed by atoms with Gasteiger partial charge in [-0.05, 0) is 87.2 Å². The lowest BCUT2D eigenvalue weighted by atomic mass is 9.92. The summed E-state index contributed by atoms with van der Waals surface area (Å²) in [6.07, 6.45) is 1.98. The minimum atomic E-state index is -0.636. The Morgan fingerprint density at radius 1 is 1.09 bits per heavy atom. The molecule has 1 aliphatic rings. The highest BCUT2D eigenvalue weighted by Gasteiger charge is 2.19. The summed E-state index contributed by atoms with van der Waals surface area (Å²) in [5.74, 6) is 1.22. The molecule has 4 rings (SSSR count). The number of nitrogens with one attached hydrogen (secondary N) is 2. The molecule has 2 aromatic carbocycles. The van der Waals surface area contributed by atoms with Gasteiger partial charge in [0, 0.05) is 30.7 Å². The Bertz CT molecular complexity index is 1510. The molecule has 47 heavy (non-hydrogen) atoms. The second-order valence-electron chi connectivity index (χ2n) is 10.8. The molecule has 254 valence electrons. The number of aliphatic hydroxyl groups is 1. The van der Waals surface area contributed by atoms with Crippen LogP contribution in [-0.4, -0.2) is 79.7 Å². The summed E-state index contributed by atoms with van der Waals surface area (Å²) >= 11 is 5.23. The van der Waals surface area contributed by atoms with Crippen LogP contribution in [0.1, 0.15) is 41.7 Å². The maximum atomic E-state index is 12.4. The fraction of sp³-hybridized carbons (Fsp3) is 0.417. The summed E-state index contributed by atoms with van der Waals surface area (Å²) in [6.45, 7) is 11.8. The number of hydrogen-bond acceptors (Lipinski definition) is 10. The Morgan fingerprint density at radius 3 is 2.55 bits per heavy atom. The van der Waals surface area contributed by atoms with E-state index in [9.17, 15) is 4.79 Å². The number of likely N-dealkylation sites (N-methyl/N-ethyl adjacent to an activating group) is 1. The standard InChI is InChI=1S/C32H38N4O4.C4H9ClO2/c1-6-38-31(27(18-33)32(37)39-7-2)35-29-13-9-12-28(34-29)26-11-8-10-21(3)30(26)40-20-24-15-14-23-19-36(5)17-16-25(23)22(24)4;5-1-3-7-4-2-6/h8-15,18,33H,6-7,16-17,19-20H2,1-5H3,(H,34,35);6H,1-4H2/b31-27-,33-18?;. The predicted octanol–water partition coefficient (Wildman–Crippen LogP) is 6.04. The van der Waals surface area contributed by atoms with Gasteiger partial charge in [0.05, 0.1) is 38.7 Å². The molecule has 0 radical (unpaired) electrons. The number of benzene rings is 2. The monoisotopic (exact) mass is 666 g/mol. The van der Waals surface area contributed by atoms with E-state index in [1.54, 1.807) is 19.9 Å². The maximum absolute atomic E-state index is 12.4. The van der Waals surface area contributed by atoms with Gasteiger partial charge in [0.15, 0.2) is 0 Å². The molecule has 1 aliphatic heterocycles. The van der Waals surface area contributed by atoms with Crippen molar-refractivity contribution in [3.8, 4) is 17.0 Å². The van der Waals surface area contributed by atoms with Gasteiger partial charge in [-0.15, -0.1) is 11.6 Å². The molecule has 0 aliphatic carbocycles. The summed E-state index contributed by atoms with van der Waals surface area (Å²) in [5.41, 5.74) is 7.90. The van der Waals surface area contributed by atoms with E-state index in [2.05, 4.69) is 36.3 Å². The Hall–Kier alpha value is -3.96. The number of halogens is 1. The second-order valence-corrected chi connectivity index (χ2v) is 11.2. The van der Waals surface area contributed by atoms with Crippen molar-refractivity contribution in [1.29, 1.82) is 5.41 Å². The summed E-state index contributed by atoms with van der Waals surface area (Å²) in [6, 6.07) is 16.0. The number of esters is 1. The molecule has 3 aromatic rings. The lowest BCUT2D eigenvalue weighted by Crippen LogP contribution is -2.27. The number of nitrogens with zero attached hydrogens (tertiary/aromatic N) is 2. The van der Waals surface area contributed by atoms with Gasteiger partial charge >= 0.3 is 5.97 Å². The van der Waals surface area contributed by atoms with Gasteiger partial charge < -0.3 is 39.7 Å². The average molecular weight is 667 g/mol. The zero-order valence-corrected chi connectivity index (χ0v) is 28.8. The van der Waals surface area contributed by atoms with E-state index >= 15 is 0 Å². The van der Waals surface area contributed by atoms with Crippen molar-refractivity contribution in [2.45, 2.75) is 47.3 Å². The predicted molar refractivity (Wildman–Crippen MR) is 186 cm³/mol. The number of para-hydroxylation sites is 1. The number of carbonyl (C=O) groups is 1. The number of aromatic nitrogens is 1. The molecule has 0 fully saturated rings. The van der Waals surface area contributed by atoms with Gasteiger partial charge in [0.1, 0.15) is 23.7 Å². The van der Waals surface area contributed by atoms with Gasteiger partial charge in [-0.1, -0.05) is 30.3 Å². The SMILES string of the molecule is CCOC(=O)/C(C=N)=C(/Nc1cccc(-c2cccc(C)c2OCc2ccc3c(c2C)CCN(C)C3)n1)OCC.OCCOCCCl. The van der Waals surface area contributed by atoms with Crippen molar-refractivity contribution in [3.63, 3.8) is 0 Å². The number of anilines is 1. The van der Waals surface area contributed by atoms with Crippen molar-refractivity contribution in [2.24, 2.45) is 0 Å². The summed E-state index contributed by atoms with van der Waals surface area (Å²) < 4.78 is 22.0. The van der Waals surface area contributed by atoms with Gasteiger partial charge in [0.2, 0.25) is 5.88 Å². The Balaban J connectivity index is 0.000000771. The fourth-order valence-corrected chi connectivity index (χ4v) is 5.23. The number of hydrogen-bond donors (Lipinski definition) is 3. The van der Waals surface area contributed by atoms with Crippen LogP contribution in [0.5, 0.6) is 5.75 Å². The molecule has 0 unspecified atom stereocenters. The highest BCUT2D eigenvalue weighted by Crippen LogP contribution is 2.34. The molecular formula is C36H47ClN4O6. The third-order valence-corrected chi connectivity index (χ3v) is 7.63. The molecule has 10 nitrogen and oxygen atoms in total. The van der Waals surface area contributed by atoms with Crippen molar-refractivity contribution in [3.05, 3.63) is 87.8 Å². The summed E-state index contributed by atoms with van der Waals surface area (Å²) in [7, 11) is 2.16. The molecule has 0 amide bonds. The molecule has 2 heterocycles. The first-order valence-corrected chi connectivity index (χ1v) is 16.4. The van der Waals surface area contributed by atoms with Crippen LogP contribution in [0, 0.1) is 19.3 Å². The van der Waals surface area contributed by atoms with E-state index in [1.165, 1.54) is 22.3 Å². The summed E-state index contributed by atoms with van der Waals surface area (Å²) in [4.78, 5) is 19.5. The molecular weight excluding hydrogens is 620 g/mol. The van der Waals surface area contributed by atoms with Crippen LogP contribution in [0.4, 0.5) is 5.82 Å². The van der Waals surface area contributed by atoms with Crippen molar-refractivity contribution < 1.29 is 28.8 Å². The highest BCUT2D eigenvalue weighted by molar-refractivity contribution is 6.18. The van der Waals surface area contributed by atoms with E-state index < -0.39 is 5.97 Å². The number of rotatable bonds is 15. The zero-order valence-electron chi connectivity index (χ0n) is 28.0. The van der Waals surface area contributed by atoms with Crippen LogP contribution in [0.3, 0.4) is 0 Å². The number of pyridine rings is 1. The third kappa shape index (κ3) is 10.8. The molecule has 3 N–H and O–H groups in total. The Kier molecular flexibility index (Phi) is 15.7. The number of ether oxygens (including phenoxy) is 4. The highest BCUT2D eigenvalue weighted by atomic mass is 35.5. The average Bonchev–Trinajstić information content (AvgIpc) is 3.06. The first-order chi connectivity index (χ1) is 22.8. The Labute approximate surface area is 283 Å². The summed E-state index contributed by atoms with van der Waals surface area (Å²) in [5, 5.41) is 18.9. The molecule has 11 heteroatoms. The van der Waals surface area contributed by atoms with E-state index in [4.69, 9.17) is 46.0 Å². The number of aryl methyl sites for hydroxylation is 1. The molecule has 0 saturated carbocycles. The van der Waals surface area contributed by atoms with E-state index in [0.29, 0.717) is 43.8 Å². The first kappa shape index (κ1) is 37.5. The smallest absolute Gasteiger partial charge is 0.345 e. The minimum Gasteiger partial charge on any atom is -0.488 e. The van der Waals surface area contributed by atoms with Crippen molar-refractivity contribution in [1.82, 2.24) is 9.88 Å². The first-order valence-electron chi connectivity index (χ1n) is 15.8. The second kappa shape index (κ2) is 19.6. The quantitative estimate of drug-likeness (QED) is 0.0445. The van der Waals surface area contributed by atoms with Crippen LogP contribution in [0.15, 0.2) is 60.0 Å². The lowest BCUT2D eigenvalue weighted by molar-refractivity contribution is -0.138. The van der Waals surface area contributed by atoms with Crippen LogP contribution < -0.4 is 10.1 Å². The molecule has 0 atom stereocenters. The van der Waals surface area contributed by atoms with Crippen LogP contribution in [-0.2, 0) is 38.6 Å². The minimum absolute atomic E-state index is 0.0115. The van der Waals surface area contributed by atoms with Gasteiger partial charge in [-0.3, -0.25) is 0 Å². The van der Waals surface area contributed by atoms with Gasteiger partial charge in [-0.2, -0.15) is 0 Å². The van der Waals surface area contributed by atoms with Gasteiger partial charge in [-0.25, -0.2) is 9.78 Å². The number of aliphatic hydroxyl groups excluding tert-OH is 1. The molecule has 0 spiro atoms. The van der Waals surface area contributed by atoms with E-state index in [0.717, 1.165) is 42.6 Å².